The maximum absolute atomic E-state index is 12.3. The van der Waals surface area contributed by atoms with Crippen molar-refractivity contribution in [3.63, 3.8) is 0 Å². The third-order valence-electron chi connectivity index (χ3n) is 4.14. The fraction of sp³-hybridized carbons (Fsp3) is 0.316. The predicted octanol–water partition coefficient (Wildman–Crippen LogP) is 3.31. The molecule has 0 unspecified atom stereocenters. The first-order valence-corrected chi connectivity index (χ1v) is 10.1. The Labute approximate surface area is 167 Å². The number of hydrogen-bond donors (Lipinski definition) is 2. The highest BCUT2D eigenvalue weighted by atomic mass is 32.1. The maximum Gasteiger partial charge on any atom is 0.240 e. The number of benzene rings is 1. The number of hydrogen-bond acceptors (Lipinski definition) is 5. The van der Waals surface area contributed by atoms with Crippen LogP contribution in [0.5, 0.6) is 0 Å². The zero-order valence-electron chi connectivity index (χ0n) is 15.2. The van der Waals surface area contributed by atoms with Crippen LogP contribution in [0.3, 0.4) is 0 Å². The Morgan fingerprint density at radius 1 is 1.30 bits per heavy atom. The van der Waals surface area contributed by atoms with Gasteiger partial charge in [-0.3, -0.25) is 14.5 Å². The summed E-state index contributed by atoms with van der Waals surface area (Å²) in [5.74, 6) is 0.642. The van der Waals surface area contributed by atoms with Crippen molar-refractivity contribution in [2.75, 3.05) is 20.1 Å². The van der Waals surface area contributed by atoms with Gasteiger partial charge in [-0.05, 0) is 49.2 Å². The van der Waals surface area contributed by atoms with Gasteiger partial charge in [0, 0.05) is 13.1 Å². The smallest absolute Gasteiger partial charge is 0.240 e. The van der Waals surface area contributed by atoms with Gasteiger partial charge in [-0.25, -0.2) is 0 Å². The van der Waals surface area contributed by atoms with E-state index >= 15 is 0 Å². The summed E-state index contributed by atoms with van der Waals surface area (Å²) in [4.78, 5) is 15.5. The molecular formula is C19H23N5OS2. The van der Waals surface area contributed by atoms with E-state index in [4.69, 9.17) is 12.2 Å². The molecule has 0 atom stereocenters. The second-order valence-corrected chi connectivity index (χ2v) is 7.68. The number of H-pyrrole nitrogens is 1. The lowest BCUT2D eigenvalue weighted by atomic mass is 10.2. The molecule has 27 heavy (non-hydrogen) atoms. The average Bonchev–Trinajstić information content (AvgIpc) is 3.30. The molecule has 3 aromatic rings. The summed E-state index contributed by atoms with van der Waals surface area (Å²) in [5, 5.41) is 12.0. The summed E-state index contributed by atoms with van der Waals surface area (Å²) in [6, 6.07) is 14.3. The molecular weight excluding hydrogens is 378 g/mol. The van der Waals surface area contributed by atoms with Crippen LogP contribution in [0.25, 0.3) is 10.7 Å². The van der Waals surface area contributed by atoms with Crippen LogP contribution in [0.4, 0.5) is 0 Å². The number of thiophene rings is 1. The van der Waals surface area contributed by atoms with E-state index in [2.05, 4.69) is 51.7 Å². The first-order chi connectivity index (χ1) is 13.1. The molecule has 0 spiro atoms. The van der Waals surface area contributed by atoms with Gasteiger partial charge in [0.15, 0.2) is 10.6 Å². The molecule has 1 aromatic carbocycles. The van der Waals surface area contributed by atoms with Gasteiger partial charge in [-0.2, -0.15) is 5.10 Å². The summed E-state index contributed by atoms with van der Waals surface area (Å²) in [6.45, 7) is 2.63. The Hall–Kier alpha value is -2.29. The molecule has 0 aliphatic carbocycles. The molecule has 0 bridgehead atoms. The third-order valence-corrected chi connectivity index (χ3v) is 5.31. The lowest BCUT2D eigenvalue weighted by molar-refractivity contribution is -0.121. The molecule has 1 amide bonds. The molecule has 2 N–H and O–H groups in total. The van der Waals surface area contributed by atoms with Crippen LogP contribution in [0.1, 0.15) is 12.0 Å². The molecule has 142 valence electrons. The average molecular weight is 402 g/mol. The minimum absolute atomic E-state index is 0.0592. The summed E-state index contributed by atoms with van der Waals surface area (Å²) in [5.41, 5.74) is 1.29. The number of nitrogens with one attached hydrogen (secondary N) is 2. The lowest BCUT2D eigenvalue weighted by Crippen LogP contribution is -2.31. The molecule has 2 aromatic heterocycles. The number of carbonyl (C=O) groups excluding carboxylic acids is 1. The van der Waals surface area contributed by atoms with Gasteiger partial charge >= 0.3 is 0 Å². The van der Waals surface area contributed by atoms with E-state index in [0.717, 1.165) is 24.4 Å². The molecule has 3 rings (SSSR count). The second-order valence-electron chi connectivity index (χ2n) is 6.34. The molecule has 6 nitrogen and oxygen atoms in total. The van der Waals surface area contributed by atoms with E-state index in [1.54, 1.807) is 15.9 Å². The van der Waals surface area contributed by atoms with Crippen molar-refractivity contribution in [3.8, 4) is 10.7 Å². The van der Waals surface area contributed by atoms with Crippen molar-refractivity contribution in [2.45, 2.75) is 19.5 Å². The number of rotatable bonds is 9. The Kier molecular flexibility index (Phi) is 6.92. The lowest BCUT2D eigenvalue weighted by Gasteiger charge is -2.16. The van der Waals surface area contributed by atoms with E-state index < -0.39 is 0 Å². The second kappa shape index (κ2) is 9.59. The largest absolute Gasteiger partial charge is 0.355 e. The standard InChI is InChI=1S/C19H23N5OS2/c1-23(13-15-7-3-2-4-8-15)11-6-10-20-17(25)14-24-18(21-22-19(24)26)16-9-5-12-27-16/h2-5,7-9,12H,6,10-11,13-14H2,1H3,(H,20,25)(H,22,26). The molecule has 8 heteroatoms. The molecule has 2 heterocycles. The Bertz CT molecular complexity index is 902. The number of nitrogens with zero attached hydrogens (tertiary/aromatic N) is 3. The normalized spacial score (nSPS) is 11.0. The minimum atomic E-state index is -0.0592. The van der Waals surface area contributed by atoms with Gasteiger partial charge < -0.3 is 10.2 Å². The topological polar surface area (TPSA) is 66.0 Å². The van der Waals surface area contributed by atoms with Crippen LogP contribution in [0.2, 0.25) is 0 Å². The molecule has 0 aliphatic heterocycles. The van der Waals surface area contributed by atoms with Crippen LogP contribution in [-0.2, 0) is 17.9 Å². The molecule has 0 saturated heterocycles. The Morgan fingerprint density at radius 2 is 2.11 bits per heavy atom. The van der Waals surface area contributed by atoms with Gasteiger partial charge in [-0.1, -0.05) is 36.4 Å². The van der Waals surface area contributed by atoms with Crippen molar-refractivity contribution < 1.29 is 4.79 Å². The summed E-state index contributed by atoms with van der Waals surface area (Å²) in [6.07, 6.45) is 0.893. The molecule has 0 aliphatic rings. The van der Waals surface area contributed by atoms with E-state index in [9.17, 15) is 4.79 Å². The number of carbonyl (C=O) groups is 1. The molecule has 0 saturated carbocycles. The van der Waals surface area contributed by atoms with E-state index in [1.807, 2.05) is 23.6 Å². The number of aromatic nitrogens is 3. The quantitative estimate of drug-likeness (QED) is 0.426. The summed E-state index contributed by atoms with van der Waals surface area (Å²) >= 11 is 6.83. The fourth-order valence-electron chi connectivity index (χ4n) is 2.81. The third kappa shape index (κ3) is 5.59. The zero-order chi connectivity index (χ0) is 19.1. The van der Waals surface area contributed by atoms with Crippen molar-refractivity contribution in [1.29, 1.82) is 0 Å². The molecule has 0 fully saturated rings. The van der Waals surface area contributed by atoms with Gasteiger partial charge in [0.2, 0.25) is 5.91 Å². The minimum Gasteiger partial charge on any atom is -0.355 e. The fourth-order valence-corrected chi connectivity index (χ4v) is 3.73. The van der Waals surface area contributed by atoms with Gasteiger partial charge in [-0.15, -0.1) is 11.3 Å². The molecule has 0 radical (unpaired) electrons. The van der Waals surface area contributed by atoms with Crippen molar-refractivity contribution in [2.24, 2.45) is 0 Å². The van der Waals surface area contributed by atoms with Crippen LogP contribution in [0, 0.1) is 4.77 Å². The predicted molar refractivity (Wildman–Crippen MR) is 111 cm³/mol. The van der Waals surface area contributed by atoms with E-state index in [0.29, 0.717) is 17.1 Å². The van der Waals surface area contributed by atoms with Gasteiger partial charge in [0.05, 0.1) is 4.88 Å². The Balaban J connectivity index is 1.43. The zero-order valence-corrected chi connectivity index (χ0v) is 16.9. The van der Waals surface area contributed by atoms with E-state index in [1.165, 1.54) is 5.56 Å². The van der Waals surface area contributed by atoms with Gasteiger partial charge in [0.25, 0.3) is 0 Å². The van der Waals surface area contributed by atoms with Gasteiger partial charge in [0.1, 0.15) is 6.54 Å². The van der Waals surface area contributed by atoms with Crippen LogP contribution in [-0.4, -0.2) is 45.7 Å². The summed E-state index contributed by atoms with van der Waals surface area (Å²) in [7, 11) is 2.09. The number of amides is 1. The first kappa shape index (κ1) is 19.5. The highest BCUT2D eigenvalue weighted by Gasteiger charge is 2.12. The first-order valence-electron chi connectivity index (χ1n) is 8.82. The SMILES string of the molecule is CN(CCCNC(=O)Cn1c(-c2cccs2)n[nH]c1=S)Cc1ccccc1. The van der Waals surface area contributed by atoms with Crippen LogP contribution in [0.15, 0.2) is 47.8 Å². The highest BCUT2D eigenvalue weighted by Crippen LogP contribution is 2.22. The monoisotopic (exact) mass is 401 g/mol. The number of aromatic amines is 1. The Morgan fingerprint density at radius 3 is 2.85 bits per heavy atom. The maximum atomic E-state index is 12.3. The van der Waals surface area contributed by atoms with Crippen molar-refractivity contribution >= 4 is 29.5 Å². The summed E-state index contributed by atoms with van der Waals surface area (Å²) < 4.78 is 2.19. The highest BCUT2D eigenvalue weighted by molar-refractivity contribution is 7.71. The van der Waals surface area contributed by atoms with Crippen molar-refractivity contribution in [1.82, 2.24) is 25.0 Å². The van der Waals surface area contributed by atoms with Crippen LogP contribution < -0.4 is 5.32 Å². The van der Waals surface area contributed by atoms with Crippen LogP contribution >= 0.6 is 23.6 Å². The van der Waals surface area contributed by atoms with E-state index in [-0.39, 0.29) is 12.5 Å². The van der Waals surface area contributed by atoms with Crippen molar-refractivity contribution in [3.05, 3.63) is 58.2 Å².